The zero-order valence-electron chi connectivity index (χ0n) is 9.90. The van der Waals surface area contributed by atoms with E-state index in [1.54, 1.807) is 6.26 Å². The second-order valence-electron chi connectivity index (χ2n) is 4.36. The highest BCUT2D eigenvalue weighted by molar-refractivity contribution is 5.81. The van der Waals surface area contributed by atoms with Crippen molar-refractivity contribution in [2.24, 2.45) is 11.7 Å². The van der Waals surface area contributed by atoms with Gasteiger partial charge in [-0.3, -0.25) is 4.79 Å². The summed E-state index contributed by atoms with van der Waals surface area (Å²) in [5, 5.41) is 2.80. The molecule has 0 aromatic carbocycles. The molecule has 1 heterocycles. The predicted molar refractivity (Wildman–Crippen MR) is 62.9 cm³/mol. The van der Waals surface area contributed by atoms with Crippen LogP contribution in [0.2, 0.25) is 0 Å². The van der Waals surface area contributed by atoms with Crippen LogP contribution in [0.25, 0.3) is 0 Å². The molecule has 0 aliphatic heterocycles. The van der Waals surface area contributed by atoms with Crippen LogP contribution in [-0.2, 0) is 11.2 Å². The fraction of sp³-hybridized carbons (Fsp3) is 0.583. The molecule has 3 N–H and O–H groups in total. The molecule has 0 aliphatic carbocycles. The fourth-order valence-corrected chi connectivity index (χ4v) is 1.51. The van der Waals surface area contributed by atoms with Crippen LogP contribution in [0, 0.1) is 5.92 Å². The smallest absolute Gasteiger partial charge is 0.236 e. The number of amides is 1. The number of nitrogens with one attached hydrogen (secondary N) is 1. The topological polar surface area (TPSA) is 68.3 Å². The van der Waals surface area contributed by atoms with E-state index in [0.717, 1.165) is 5.76 Å². The van der Waals surface area contributed by atoms with E-state index in [2.05, 4.69) is 19.2 Å². The number of hydrogen-bond donors (Lipinski definition) is 2. The molecule has 0 fully saturated rings. The van der Waals surface area contributed by atoms with E-state index < -0.39 is 6.04 Å². The lowest BCUT2D eigenvalue weighted by Gasteiger charge is -2.13. The zero-order valence-corrected chi connectivity index (χ0v) is 9.90. The molecule has 1 amide bonds. The molecule has 1 rings (SSSR count). The molecule has 16 heavy (non-hydrogen) atoms. The molecular weight excluding hydrogens is 204 g/mol. The summed E-state index contributed by atoms with van der Waals surface area (Å²) in [6, 6.07) is 3.32. The molecule has 90 valence electrons. The first-order valence-corrected chi connectivity index (χ1v) is 5.65. The molecule has 0 saturated heterocycles. The summed E-state index contributed by atoms with van der Waals surface area (Å²) in [7, 11) is 0. The minimum Gasteiger partial charge on any atom is -0.469 e. The molecule has 0 unspecified atom stereocenters. The summed E-state index contributed by atoms with van der Waals surface area (Å²) in [5.74, 6) is 1.23. The van der Waals surface area contributed by atoms with Gasteiger partial charge in [0, 0.05) is 13.0 Å². The van der Waals surface area contributed by atoms with Crippen LogP contribution in [0.5, 0.6) is 0 Å². The molecule has 0 aliphatic rings. The van der Waals surface area contributed by atoms with Crippen molar-refractivity contribution in [3.63, 3.8) is 0 Å². The van der Waals surface area contributed by atoms with Gasteiger partial charge in [-0.15, -0.1) is 0 Å². The monoisotopic (exact) mass is 224 g/mol. The summed E-state index contributed by atoms with van der Waals surface area (Å²) in [5.41, 5.74) is 5.74. The Morgan fingerprint density at radius 1 is 1.56 bits per heavy atom. The van der Waals surface area contributed by atoms with Gasteiger partial charge in [0.1, 0.15) is 5.76 Å². The van der Waals surface area contributed by atoms with Crippen LogP contribution < -0.4 is 11.1 Å². The first kappa shape index (κ1) is 12.8. The molecule has 1 atom stereocenters. The Morgan fingerprint density at radius 3 is 2.88 bits per heavy atom. The Bertz CT molecular complexity index is 307. The second kappa shape index (κ2) is 6.33. The van der Waals surface area contributed by atoms with E-state index in [1.807, 2.05) is 12.1 Å². The van der Waals surface area contributed by atoms with E-state index in [1.165, 1.54) is 0 Å². The van der Waals surface area contributed by atoms with E-state index in [9.17, 15) is 4.79 Å². The second-order valence-corrected chi connectivity index (χ2v) is 4.36. The Kier molecular flexibility index (Phi) is 5.05. The van der Waals surface area contributed by atoms with Gasteiger partial charge in [0.15, 0.2) is 0 Å². The number of carbonyl (C=O) groups excluding carboxylic acids is 1. The van der Waals surface area contributed by atoms with Crippen LogP contribution in [0.1, 0.15) is 26.0 Å². The Hall–Kier alpha value is -1.29. The van der Waals surface area contributed by atoms with Crippen molar-refractivity contribution >= 4 is 5.91 Å². The van der Waals surface area contributed by atoms with Gasteiger partial charge in [0.05, 0.1) is 12.3 Å². The maximum absolute atomic E-state index is 11.5. The third-order valence-corrected chi connectivity index (χ3v) is 2.31. The average Bonchev–Trinajstić information content (AvgIpc) is 2.69. The van der Waals surface area contributed by atoms with Crippen LogP contribution in [0.4, 0.5) is 0 Å². The molecule has 0 spiro atoms. The van der Waals surface area contributed by atoms with Crippen molar-refractivity contribution in [2.75, 3.05) is 6.54 Å². The van der Waals surface area contributed by atoms with Gasteiger partial charge in [-0.2, -0.15) is 0 Å². The highest BCUT2D eigenvalue weighted by Gasteiger charge is 2.14. The molecule has 0 saturated carbocycles. The summed E-state index contributed by atoms with van der Waals surface area (Å²) in [4.78, 5) is 11.5. The van der Waals surface area contributed by atoms with Crippen molar-refractivity contribution < 1.29 is 9.21 Å². The third kappa shape index (κ3) is 4.49. The highest BCUT2D eigenvalue weighted by atomic mass is 16.3. The SMILES string of the molecule is CC(C)C[C@H](N)C(=O)NCCc1ccco1. The van der Waals surface area contributed by atoms with Gasteiger partial charge in [-0.25, -0.2) is 0 Å². The Morgan fingerprint density at radius 2 is 2.31 bits per heavy atom. The van der Waals surface area contributed by atoms with Gasteiger partial charge in [0.25, 0.3) is 0 Å². The molecule has 4 heteroatoms. The van der Waals surface area contributed by atoms with Crippen molar-refractivity contribution in [1.82, 2.24) is 5.32 Å². The summed E-state index contributed by atoms with van der Waals surface area (Å²) in [6.07, 6.45) is 3.04. The van der Waals surface area contributed by atoms with Crippen LogP contribution in [0.3, 0.4) is 0 Å². The lowest BCUT2D eigenvalue weighted by atomic mass is 10.0. The average molecular weight is 224 g/mol. The number of furan rings is 1. The summed E-state index contributed by atoms with van der Waals surface area (Å²) in [6.45, 7) is 4.67. The first-order valence-electron chi connectivity index (χ1n) is 5.65. The quantitative estimate of drug-likeness (QED) is 0.765. The van der Waals surface area contributed by atoms with Gasteiger partial charge in [-0.1, -0.05) is 13.8 Å². The van der Waals surface area contributed by atoms with Gasteiger partial charge < -0.3 is 15.5 Å². The van der Waals surface area contributed by atoms with Crippen molar-refractivity contribution in [3.8, 4) is 0 Å². The van der Waals surface area contributed by atoms with E-state index in [0.29, 0.717) is 25.3 Å². The molecule has 1 aromatic rings. The molecular formula is C12H20N2O2. The van der Waals surface area contributed by atoms with Gasteiger partial charge in [0.2, 0.25) is 5.91 Å². The lowest BCUT2D eigenvalue weighted by molar-refractivity contribution is -0.122. The van der Waals surface area contributed by atoms with Crippen molar-refractivity contribution in [2.45, 2.75) is 32.7 Å². The number of hydrogen-bond acceptors (Lipinski definition) is 3. The standard InChI is InChI=1S/C12H20N2O2/c1-9(2)8-11(13)12(15)14-6-5-10-4-3-7-16-10/h3-4,7,9,11H,5-6,8,13H2,1-2H3,(H,14,15)/t11-/m0/s1. The van der Waals surface area contributed by atoms with E-state index in [-0.39, 0.29) is 5.91 Å². The number of carbonyl (C=O) groups is 1. The highest BCUT2D eigenvalue weighted by Crippen LogP contribution is 2.03. The minimum atomic E-state index is -0.406. The van der Waals surface area contributed by atoms with Crippen LogP contribution >= 0.6 is 0 Å². The third-order valence-electron chi connectivity index (χ3n) is 2.31. The van der Waals surface area contributed by atoms with Crippen molar-refractivity contribution in [3.05, 3.63) is 24.2 Å². The first-order chi connectivity index (χ1) is 7.59. The van der Waals surface area contributed by atoms with Gasteiger partial charge >= 0.3 is 0 Å². The van der Waals surface area contributed by atoms with Gasteiger partial charge in [-0.05, 0) is 24.5 Å². The number of nitrogens with two attached hydrogens (primary N) is 1. The molecule has 4 nitrogen and oxygen atoms in total. The van der Waals surface area contributed by atoms with Crippen LogP contribution in [-0.4, -0.2) is 18.5 Å². The fourth-order valence-electron chi connectivity index (χ4n) is 1.51. The summed E-state index contributed by atoms with van der Waals surface area (Å²) >= 11 is 0. The molecule has 0 bridgehead atoms. The van der Waals surface area contributed by atoms with Crippen molar-refractivity contribution in [1.29, 1.82) is 0 Å². The normalized spacial score (nSPS) is 12.8. The largest absolute Gasteiger partial charge is 0.469 e. The maximum Gasteiger partial charge on any atom is 0.236 e. The zero-order chi connectivity index (χ0) is 12.0. The number of rotatable bonds is 6. The Labute approximate surface area is 96.2 Å². The van der Waals surface area contributed by atoms with E-state index in [4.69, 9.17) is 10.2 Å². The Balaban J connectivity index is 2.19. The van der Waals surface area contributed by atoms with E-state index >= 15 is 0 Å². The summed E-state index contributed by atoms with van der Waals surface area (Å²) < 4.78 is 5.16. The van der Waals surface area contributed by atoms with Crippen LogP contribution in [0.15, 0.2) is 22.8 Å². The predicted octanol–water partition coefficient (Wildman–Crippen LogP) is 1.31. The molecule has 1 aromatic heterocycles. The molecule has 0 radical (unpaired) electrons. The minimum absolute atomic E-state index is 0.0831. The maximum atomic E-state index is 11.5. The lowest BCUT2D eigenvalue weighted by Crippen LogP contribution is -2.42.